The average molecular weight is 598 g/mol. The van der Waals surface area contributed by atoms with Crippen molar-refractivity contribution in [2.24, 2.45) is 5.92 Å². The van der Waals surface area contributed by atoms with Crippen molar-refractivity contribution >= 4 is 23.5 Å². The van der Waals surface area contributed by atoms with Crippen LogP contribution >= 0.6 is 0 Å². The van der Waals surface area contributed by atoms with Crippen LogP contribution in [0, 0.1) is 11.7 Å². The largest absolute Gasteiger partial charge is 0.497 e. The number of carbonyl (C=O) groups excluding carboxylic acids is 1. The predicted octanol–water partition coefficient (Wildman–Crippen LogP) is 4.96. The number of rotatable bonds is 11. The van der Waals surface area contributed by atoms with Gasteiger partial charge in [0.25, 0.3) is 0 Å². The Balaban J connectivity index is 1.22. The molecule has 1 aliphatic rings. The lowest BCUT2D eigenvalue weighted by molar-refractivity contribution is -0.142. The third kappa shape index (κ3) is 7.31. The number of benzene rings is 3. The topological polar surface area (TPSA) is 108 Å². The fraction of sp³-hybridized carbons (Fsp3) is 0.294. The van der Waals surface area contributed by atoms with E-state index in [-0.39, 0.29) is 30.5 Å². The van der Waals surface area contributed by atoms with Crippen molar-refractivity contribution < 1.29 is 23.8 Å². The Morgan fingerprint density at radius 3 is 2.36 bits per heavy atom. The zero-order valence-electron chi connectivity index (χ0n) is 24.8. The predicted molar refractivity (Wildman–Crippen MR) is 167 cm³/mol. The Morgan fingerprint density at radius 2 is 1.70 bits per heavy atom. The molecule has 0 aliphatic carbocycles. The Labute approximate surface area is 256 Å². The molecule has 2 heterocycles. The average Bonchev–Trinajstić information content (AvgIpc) is 3.05. The molecule has 5 rings (SSSR count). The van der Waals surface area contributed by atoms with Crippen LogP contribution in [0.2, 0.25) is 0 Å². The molecule has 2 atom stereocenters. The lowest BCUT2D eigenvalue weighted by atomic mass is 9.95. The standard InChI is InChI=1S/C34H36FN5O4/c1-39(20-24-7-4-3-5-8-24)31-30(35)32(37-22-36-31)40-18-6-9-27(21-40)33(41)38-29(34(42)43)19-23-10-12-25(13-11-23)26-14-16-28(44-2)17-15-26/h3-5,7-8,10-17,22,27,29H,6,9,18-21H2,1-2H3,(H,38,41)(H,42,43)/t27?,29-/m0/s1. The maximum absolute atomic E-state index is 15.7. The summed E-state index contributed by atoms with van der Waals surface area (Å²) in [5, 5.41) is 12.6. The normalized spacial score (nSPS) is 15.3. The molecule has 1 saturated heterocycles. The van der Waals surface area contributed by atoms with Gasteiger partial charge in [0.05, 0.1) is 13.0 Å². The van der Waals surface area contributed by atoms with Gasteiger partial charge in [0.15, 0.2) is 11.6 Å². The number of carbonyl (C=O) groups is 2. The number of hydrogen-bond acceptors (Lipinski definition) is 7. The van der Waals surface area contributed by atoms with E-state index in [4.69, 9.17) is 4.74 Å². The Kier molecular flexibility index (Phi) is 9.69. The maximum Gasteiger partial charge on any atom is 0.326 e. The second-order valence-electron chi connectivity index (χ2n) is 11.0. The summed E-state index contributed by atoms with van der Waals surface area (Å²) < 4.78 is 20.9. The number of nitrogens with zero attached hydrogens (tertiary/aromatic N) is 4. The van der Waals surface area contributed by atoms with E-state index >= 15 is 4.39 Å². The number of aromatic nitrogens is 2. The van der Waals surface area contributed by atoms with Crippen LogP contribution < -0.4 is 19.9 Å². The van der Waals surface area contributed by atoms with Crippen LogP contribution in [0.3, 0.4) is 0 Å². The number of piperidine rings is 1. The van der Waals surface area contributed by atoms with Crippen LogP contribution in [0.1, 0.15) is 24.0 Å². The van der Waals surface area contributed by atoms with E-state index in [1.807, 2.05) is 78.9 Å². The molecule has 0 radical (unpaired) electrons. The van der Waals surface area contributed by atoms with Gasteiger partial charge in [-0.25, -0.2) is 14.8 Å². The highest BCUT2D eigenvalue weighted by Crippen LogP contribution is 2.29. The number of hydrogen-bond donors (Lipinski definition) is 2. The number of nitrogens with one attached hydrogen (secondary N) is 1. The molecule has 1 unspecified atom stereocenters. The molecule has 9 nitrogen and oxygen atoms in total. The minimum absolute atomic E-state index is 0.137. The first-order valence-electron chi connectivity index (χ1n) is 14.6. The van der Waals surface area contributed by atoms with Crippen LogP contribution in [0.5, 0.6) is 5.75 Å². The molecule has 1 fully saturated rings. The fourth-order valence-electron chi connectivity index (χ4n) is 5.50. The van der Waals surface area contributed by atoms with E-state index in [1.54, 1.807) is 24.0 Å². The van der Waals surface area contributed by atoms with Crippen molar-refractivity contribution in [3.63, 3.8) is 0 Å². The first-order chi connectivity index (χ1) is 21.3. The van der Waals surface area contributed by atoms with Crippen molar-refractivity contribution in [2.45, 2.75) is 31.8 Å². The number of halogens is 1. The molecule has 1 aromatic heterocycles. The number of methoxy groups -OCH3 is 1. The van der Waals surface area contributed by atoms with Crippen LogP contribution in [0.25, 0.3) is 11.1 Å². The molecule has 0 spiro atoms. The molecule has 2 N–H and O–H groups in total. The van der Waals surface area contributed by atoms with Gasteiger partial charge < -0.3 is 25.0 Å². The lowest BCUT2D eigenvalue weighted by Crippen LogP contribution is -2.49. The zero-order valence-corrected chi connectivity index (χ0v) is 24.8. The number of aliphatic carboxylic acids is 1. The first kappa shape index (κ1) is 30.5. The van der Waals surface area contributed by atoms with E-state index in [1.165, 1.54) is 6.33 Å². The molecular formula is C34H36FN5O4. The molecule has 0 saturated carbocycles. The zero-order chi connectivity index (χ0) is 31.1. The molecule has 0 bridgehead atoms. The third-order valence-corrected chi connectivity index (χ3v) is 7.90. The highest BCUT2D eigenvalue weighted by Gasteiger charge is 2.31. The van der Waals surface area contributed by atoms with Crippen molar-refractivity contribution in [3.05, 3.63) is 102 Å². The lowest BCUT2D eigenvalue weighted by Gasteiger charge is -2.34. The molecule has 4 aromatic rings. The molecular weight excluding hydrogens is 561 g/mol. The van der Waals surface area contributed by atoms with Crippen LogP contribution in [-0.2, 0) is 22.6 Å². The van der Waals surface area contributed by atoms with Gasteiger partial charge in [-0.3, -0.25) is 4.79 Å². The van der Waals surface area contributed by atoms with Gasteiger partial charge in [-0.1, -0.05) is 66.7 Å². The summed E-state index contributed by atoms with van der Waals surface area (Å²) in [4.78, 5) is 37.3. The second-order valence-corrected chi connectivity index (χ2v) is 11.0. The van der Waals surface area contributed by atoms with Crippen LogP contribution in [0.15, 0.2) is 85.2 Å². The fourth-order valence-corrected chi connectivity index (χ4v) is 5.50. The van der Waals surface area contributed by atoms with Crippen LogP contribution in [-0.4, -0.2) is 60.2 Å². The van der Waals surface area contributed by atoms with Gasteiger partial charge in [-0.05, 0) is 47.2 Å². The summed E-state index contributed by atoms with van der Waals surface area (Å²) in [6.07, 6.45) is 2.68. The van der Waals surface area contributed by atoms with Crippen molar-refractivity contribution in [1.29, 1.82) is 0 Å². The van der Waals surface area contributed by atoms with Crippen molar-refractivity contribution in [2.75, 3.05) is 37.0 Å². The quantitative estimate of drug-likeness (QED) is 0.250. The summed E-state index contributed by atoms with van der Waals surface area (Å²) in [7, 11) is 3.39. The third-order valence-electron chi connectivity index (χ3n) is 7.90. The van der Waals surface area contributed by atoms with Crippen molar-refractivity contribution in [3.8, 4) is 16.9 Å². The van der Waals surface area contributed by atoms with E-state index in [0.717, 1.165) is 28.0 Å². The smallest absolute Gasteiger partial charge is 0.326 e. The van der Waals surface area contributed by atoms with Gasteiger partial charge in [-0.15, -0.1) is 0 Å². The summed E-state index contributed by atoms with van der Waals surface area (Å²) in [5.74, 6) is -1.46. The number of anilines is 2. The summed E-state index contributed by atoms with van der Waals surface area (Å²) in [6.45, 7) is 1.23. The monoisotopic (exact) mass is 597 g/mol. The van der Waals surface area contributed by atoms with Gasteiger partial charge >= 0.3 is 5.97 Å². The van der Waals surface area contributed by atoms with Crippen LogP contribution in [0.4, 0.5) is 16.0 Å². The summed E-state index contributed by atoms with van der Waals surface area (Å²) in [5.41, 5.74) is 3.80. The Bertz CT molecular complexity index is 1570. The Morgan fingerprint density at radius 1 is 1.02 bits per heavy atom. The molecule has 10 heteroatoms. The highest BCUT2D eigenvalue weighted by atomic mass is 19.1. The number of carboxylic acids is 1. The number of carboxylic acid groups (broad SMARTS) is 1. The minimum atomic E-state index is -1.11. The first-order valence-corrected chi connectivity index (χ1v) is 14.6. The Hall–Kier alpha value is -4.99. The van der Waals surface area contributed by atoms with E-state index < -0.39 is 23.7 Å². The van der Waals surface area contributed by atoms with E-state index in [0.29, 0.717) is 25.9 Å². The molecule has 3 aromatic carbocycles. The van der Waals surface area contributed by atoms with E-state index in [2.05, 4.69) is 15.3 Å². The molecule has 1 aliphatic heterocycles. The number of amides is 1. The molecule has 1 amide bonds. The summed E-state index contributed by atoms with van der Waals surface area (Å²) in [6, 6.07) is 23.9. The van der Waals surface area contributed by atoms with Crippen molar-refractivity contribution in [1.82, 2.24) is 15.3 Å². The highest BCUT2D eigenvalue weighted by molar-refractivity contribution is 5.85. The van der Waals surface area contributed by atoms with Gasteiger partial charge in [0, 0.05) is 33.1 Å². The number of ether oxygens (including phenoxy) is 1. The second kappa shape index (κ2) is 14.0. The molecule has 44 heavy (non-hydrogen) atoms. The van der Waals surface area contributed by atoms with Gasteiger partial charge in [-0.2, -0.15) is 4.39 Å². The van der Waals surface area contributed by atoms with Gasteiger partial charge in [0.2, 0.25) is 11.7 Å². The minimum Gasteiger partial charge on any atom is -0.497 e. The molecule has 228 valence electrons. The maximum atomic E-state index is 15.7. The summed E-state index contributed by atoms with van der Waals surface area (Å²) >= 11 is 0. The SMILES string of the molecule is COc1ccc(-c2ccc(C[C@H](NC(=O)C3CCCN(c4ncnc(N(C)Cc5ccccc5)c4F)C3)C(=O)O)cc2)cc1. The van der Waals surface area contributed by atoms with E-state index in [9.17, 15) is 14.7 Å². The van der Waals surface area contributed by atoms with Gasteiger partial charge in [0.1, 0.15) is 18.1 Å².